The predicted octanol–water partition coefficient (Wildman–Crippen LogP) is 2.13. The van der Waals surface area contributed by atoms with E-state index in [1.54, 1.807) is 19.1 Å². The van der Waals surface area contributed by atoms with E-state index in [1.807, 2.05) is 0 Å². The zero-order valence-electron chi connectivity index (χ0n) is 10.7. The van der Waals surface area contributed by atoms with E-state index in [4.69, 9.17) is 5.73 Å². The number of nitrogens with two attached hydrogens (primary N) is 1. The van der Waals surface area contributed by atoms with E-state index in [1.165, 1.54) is 24.3 Å². The number of hydrogen-bond donors (Lipinski definition) is 2. The summed E-state index contributed by atoms with van der Waals surface area (Å²) in [4.78, 5) is 26.1. The van der Waals surface area contributed by atoms with Crippen LogP contribution in [-0.2, 0) is 0 Å². The summed E-state index contributed by atoms with van der Waals surface area (Å²) in [5.41, 5.74) is 7.04. The fourth-order valence-corrected chi connectivity index (χ4v) is 1.56. The molecule has 7 heteroatoms. The predicted molar refractivity (Wildman–Crippen MR) is 74.4 cm³/mol. The zero-order valence-corrected chi connectivity index (χ0v) is 10.7. The fraction of sp³-hybridized carbons (Fsp3) is 0.0769. The number of rotatable bonds is 3. The number of carbonyl (C=O) groups is 1. The molecule has 0 aliphatic carbocycles. The fourth-order valence-electron chi connectivity index (χ4n) is 1.56. The van der Waals surface area contributed by atoms with Crippen LogP contribution in [-0.4, -0.2) is 15.8 Å². The van der Waals surface area contributed by atoms with Crippen molar-refractivity contribution in [2.45, 2.75) is 6.92 Å². The molecule has 2 aromatic rings. The third kappa shape index (κ3) is 2.89. The number of nitro benzene ring substituents is 1. The molecule has 0 aliphatic rings. The van der Waals surface area contributed by atoms with Gasteiger partial charge in [0.05, 0.1) is 16.3 Å². The number of aromatic nitrogens is 1. The van der Waals surface area contributed by atoms with Crippen LogP contribution in [0.15, 0.2) is 36.4 Å². The smallest absolute Gasteiger partial charge is 0.269 e. The highest BCUT2D eigenvalue weighted by Crippen LogP contribution is 2.15. The maximum Gasteiger partial charge on any atom is 0.269 e. The van der Waals surface area contributed by atoms with Crippen molar-refractivity contribution in [3.05, 3.63) is 57.8 Å². The Kier molecular flexibility index (Phi) is 3.60. The Hall–Kier alpha value is -2.96. The van der Waals surface area contributed by atoms with Crippen LogP contribution in [0, 0.1) is 17.0 Å². The molecule has 0 radical (unpaired) electrons. The molecular formula is C13H12N4O3. The molecule has 0 bridgehead atoms. The minimum Gasteiger partial charge on any atom is -0.397 e. The Morgan fingerprint density at radius 3 is 2.45 bits per heavy atom. The van der Waals surface area contributed by atoms with Crippen molar-refractivity contribution >= 4 is 23.1 Å². The molecule has 0 atom stereocenters. The number of benzene rings is 1. The van der Waals surface area contributed by atoms with Gasteiger partial charge < -0.3 is 11.1 Å². The molecule has 0 aliphatic heterocycles. The van der Waals surface area contributed by atoms with Crippen LogP contribution in [0.1, 0.15) is 16.1 Å². The lowest BCUT2D eigenvalue weighted by Crippen LogP contribution is -2.13. The number of amides is 1. The number of nitrogens with zero attached hydrogens (tertiary/aromatic N) is 2. The first-order valence-corrected chi connectivity index (χ1v) is 5.76. The highest BCUT2D eigenvalue weighted by molar-refractivity contribution is 6.03. The second kappa shape index (κ2) is 5.35. The van der Waals surface area contributed by atoms with Crippen molar-refractivity contribution in [3.63, 3.8) is 0 Å². The lowest BCUT2D eigenvalue weighted by Gasteiger charge is -2.06. The third-order valence-corrected chi connectivity index (χ3v) is 2.71. The van der Waals surface area contributed by atoms with Crippen LogP contribution in [0.2, 0.25) is 0 Å². The minimum atomic E-state index is -0.521. The second-order valence-corrected chi connectivity index (χ2v) is 4.13. The first kappa shape index (κ1) is 13.5. The van der Waals surface area contributed by atoms with Crippen molar-refractivity contribution in [1.29, 1.82) is 0 Å². The van der Waals surface area contributed by atoms with Gasteiger partial charge in [-0.05, 0) is 31.2 Å². The second-order valence-electron chi connectivity index (χ2n) is 4.13. The van der Waals surface area contributed by atoms with E-state index in [0.717, 1.165) is 0 Å². The summed E-state index contributed by atoms with van der Waals surface area (Å²) in [6, 6.07) is 8.56. The number of aryl methyl sites for hydroxylation is 1. The Balaban J connectivity index is 2.15. The van der Waals surface area contributed by atoms with Gasteiger partial charge in [0.1, 0.15) is 5.82 Å². The van der Waals surface area contributed by atoms with Gasteiger partial charge in [0, 0.05) is 17.7 Å². The summed E-state index contributed by atoms with van der Waals surface area (Å²) in [5, 5.41) is 13.1. The summed E-state index contributed by atoms with van der Waals surface area (Å²) in [6.07, 6.45) is 0. The van der Waals surface area contributed by atoms with Crippen molar-refractivity contribution in [3.8, 4) is 0 Å². The van der Waals surface area contributed by atoms with E-state index in [9.17, 15) is 14.9 Å². The molecule has 1 amide bonds. The van der Waals surface area contributed by atoms with Crippen LogP contribution in [0.3, 0.4) is 0 Å². The van der Waals surface area contributed by atoms with Gasteiger partial charge in [-0.2, -0.15) is 0 Å². The van der Waals surface area contributed by atoms with Gasteiger partial charge in [-0.1, -0.05) is 0 Å². The summed E-state index contributed by atoms with van der Waals surface area (Å²) >= 11 is 0. The van der Waals surface area contributed by atoms with Gasteiger partial charge in [-0.3, -0.25) is 14.9 Å². The molecular weight excluding hydrogens is 260 g/mol. The number of carbonyl (C=O) groups excluding carboxylic acids is 1. The number of pyridine rings is 1. The number of nitro groups is 1. The van der Waals surface area contributed by atoms with Gasteiger partial charge in [0.15, 0.2) is 0 Å². The van der Waals surface area contributed by atoms with Gasteiger partial charge >= 0.3 is 0 Å². The van der Waals surface area contributed by atoms with Crippen molar-refractivity contribution in [1.82, 2.24) is 4.98 Å². The van der Waals surface area contributed by atoms with Crippen molar-refractivity contribution in [2.24, 2.45) is 0 Å². The molecule has 2 rings (SSSR count). The quantitative estimate of drug-likeness (QED) is 0.656. The SMILES string of the molecule is Cc1nc(NC(=O)c2ccc([N+](=O)[O-])cc2)ccc1N. The Bertz CT molecular complexity index is 668. The number of hydrogen-bond acceptors (Lipinski definition) is 5. The Morgan fingerprint density at radius 1 is 1.25 bits per heavy atom. The number of anilines is 2. The van der Waals surface area contributed by atoms with Crippen LogP contribution in [0.5, 0.6) is 0 Å². The van der Waals surface area contributed by atoms with E-state index in [0.29, 0.717) is 22.8 Å². The summed E-state index contributed by atoms with van der Waals surface area (Å²) in [7, 11) is 0. The number of nitrogen functional groups attached to an aromatic ring is 1. The van der Waals surface area contributed by atoms with E-state index in [2.05, 4.69) is 10.3 Å². The third-order valence-electron chi connectivity index (χ3n) is 2.71. The molecule has 0 saturated carbocycles. The molecule has 0 spiro atoms. The highest BCUT2D eigenvalue weighted by Gasteiger charge is 2.10. The largest absolute Gasteiger partial charge is 0.397 e. The van der Waals surface area contributed by atoms with E-state index in [-0.39, 0.29) is 5.69 Å². The standard InChI is InChI=1S/C13H12N4O3/c1-8-11(14)6-7-12(15-8)16-13(18)9-2-4-10(5-3-9)17(19)20/h2-7H,14H2,1H3,(H,15,16,18). The van der Waals surface area contributed by atoms with Crippen molar-refractivity contribution in [2.75, 3.05) is 11.1 Å². The monoisotopic (exact) mass is 272 g/mol. The van der Waals surface area contributed by atoms with Crippen LogP contribution in [0.25, 0.3) is 0 Å². The molecule has 20 heavy (non-hydrogen) atoms. The van der Waals surface area contributed by atoms with Crippen molar-refractivity contribution < 1.29 is 9.72 Å². The maximum atomic E-state index is 11.9. The van der Waals surface area contributed by atoms with Gasteiger partial charge in [0.2, 0.25) is 0 Å². The highest BCUT2D eigenvalue weighted by atomic mass is 16.6. The first-order chi connectivity index (χ1) is 9.47. The normalized spacial score (nSPS) is 10.1. The molecule has 1 aromatic carbocycles. The average Bonchev–Trinajstić information content (AvgIpc) is 2.43. The summed E-state index contributed by atoms with van der Waals surface area (Å²) < 4.78 is 0. The zero-order chi connectivity index (χ0) is 14.7. The van der Waals surface area contributed by atoms with Gasteiger partial charge in [-0.15, -0.1) is 0 Å². The molecule has 1 heterocycles. The summed E-state index contributed by atoms with van der Waals surface area (Å²) in [5.74, 6) is -0.0170. The first-order valence-electron chi connectivity index (χ1n) is 5.76. The molecule has 1 aromatic heterocycles. The van der Waals surface area contributed by atoms with E-state index < -0.39 is 10.8 Å². The number of non-ortho nitro benzene ring substituents is 1. The van der Waals surface area contributed by atoms with E-state index >= 15 is 0 Å². The topological polar surface area (TPSA) is 111 Å². The summed E-state index contributed by atoms with van der Waals surface area (Å²) in [6.45, 7) is 1.73. The minimum absolute atomic E-state index is 0.0667. The Morgan fingerprint density at radius 2 is 1.90 bits per heavy atom. The molecule has 0 fully saturated rings. The van der Waals surface area contributed by atoms with Gasteiger partial charge in [0.25, 0.3) is 11.6 Å². The number of nitrogens with one attached hydrogen (secondary N) is 1. The average molecular weight is 272 g/mol. The molecule has 0 saturated heterocycles. The molecule has 0 unspecified atom stereocenters. The van der Waals surface area contributed by atoms with Crippen LogP contribution < -0.4 is 11.1 Å². The molecule has 7 nitrogen and oxygen atoms in total. The van der Waals surface area contributed by atoms with Crippen LogP contribution in [0.4, 0.5) is 17.2 Å². The van der Waals surface area contributed by atoms with Crippen LogP contribution >= 0.6 is 0 Å². The lowest BCUT2D eigenvalue weighted by atomic mass is 10.2. The molecule has 102 valence electrons. The Labute approximate surface area is 114 Å². The van der Waals surface area contributed by atoms with Gasteiger partial charge in [-0.25, -0.2) is 4.98 Å². The lowest BCUT2D eigenvalue weighted by molar-refractivity contribution is -0.384. The molecule has 3 N–H and O–H groups in total. The maximum absolute atomic E-state index is 11.9.